The number of hydrogen-bond donors (Lipinski definition) is 2. The Labute approximate surface area is 59.9 Å². The standard InChI is InChI=1S/C4H3ClN2O3/c5-3(9)7-2(8)1-6-4(7)10/h1,8H,(H,6,10). The van der Waals surface area contributed by atoms with Gasteiger partial charge in [0.05, 0.1) is 6.20 Å². The molecule has 0 radical (unpaired) electrons. The zero-order valence-electron chi connectivity index (χ0n) is 4.67. The van der Waals surface area contributed by atoms with E-state index >= 15 is 0 Å². The lowest BCUT2D eigenvalue weighted by molar-refractivity contribution is 0.257. The molecule has 0 aromatic carbocycles. The largest absolute Gasteiger partial charge is 0.493 e. The molecule has 0 aliphatic heterocycles. The van der Waals surface area contributed by atoms with Crippen molar-refractivity contribution in [1.29, 1.82) is 0 Å². The number of H-pyrrole nitrogens is 1. The molecule has 0 saturated carbocycles. The summed E-state index contributed by atoms with van der Waals surface area (Å²) in [5, 5.41) is 7.69. The first kappa shape index (κ1) is 6.88. The van der Waals surface area contributed by atoms with Crippen molar-refractivity contribution in [2.75, 3.05) is 0 Å². The third kappa shape index (κ3) is 0.906. The van der Waals surface area contributed by atoms with Crippen molar-refractivity contribution >= 4 is 17.0 Å². The Kier molecular flexibility index (Phi) is 1.50. The molecule has 0 atom stereocenters. The highest BCUT2D eigenvalue weighted by Crippen LogP contribution is 2.03. The molecule has 1 heterocycles. The van der Waals surface area contributed by atoms with Crippen LogP contribution in [-0.4, -0.2) is 20.0 Å². The van der Waals surface area contributed by atoms with Gasteiger partial charge in [0.15, 0.2) is 0 Å². The maximum absolute atomic E-state index is 10.5. The smallest absolute Gasteiger partial charge is 0.336 e. The zero-order chi connectivity index (χ0) is 7.72. The van der Waals surface area contributed by atoms with Crippen LogP contribution in [0.5, 0.6) is 5.88 Å². The molecule has 10 heavy (non-hydrogen) atoms. The number of carbonyl (C=O) groups is 1. The van der Waals surface area contributed by atoms with E-state index in [1.54, 1.807) is 0 Å². The van der Waals surface area contributed by atoms with Gasteiger partial charge in [0.25, 0.3) is 0 Å². The van der Waals surface area contributed by atoms with Gasteiger partial charge in [-0.05, 0) is 11.6 Å². The Morgan fingerprint density at radius 3 is 2.60 bits per heavy atom. The highest BCUT2D eigenvalue weighted by Gasteiger charge is 2.08. The maximum atomic E-state index is 10.5. The van der Waals surface area contributed by atoms with Gasteiger partial charge >= 0.3 is 11.1 Å². The minimum Gasteiger partial charge on any atom is -0.493 e. The van der Waals surface area contributed by atoms with E-state index in [0.717, 1.165) is 6.20 Å². The van der Waals surface area contributed by atoms with Crippen LogP contribution in [0.2, 0.25) is 0 Å². The van der Waals surface area contributed by atoms with E-state index in [1.165, 1.54) is 0 Å². The van der Waals surface area contributed by atoms with Crippen LogP contribution < -0.4 is 5.69 Å². The second-order valence-electron chi connectivity index (χ2n) is 1.54. The Morgan fingerprint density at radius 1 is 1.80 bits per heavy atom. The number of imidazole rings is 1. The molecular weight excluding hydrogens is 160 g/mol. The fourth-order valence-electron chi connectivity index (χ4n) is 0.529. The number of halogens is 1. The van der Waals surface area contributed by atoms with Crippen LogP contribution in [0, 0.1) is 0 Å². The predicted octanol–water partition coefficient (Wildman–Crippen LogP) is 0.0889. The highest BCUT2D eigenvalue weighted by molar-refractivity contribution is 6.63. The van der Waals surface area contributed by atoms with Gasteiger partial charge in [-0.25, -0.2) is 4.79 Å². The fraction of sp³-hybridized carbons (Fsp3) is 0. The van der Waals surface area contributed by atoms with E-state index in [4.69, 9.17) is 16.7 Å². The van der Waals surface area contributed by atoms with Gasteiger partial charge in [0.2, 0.25) is 5.88 Å². The van der Waals surface area contributed by atoms with Crippen molar-refractivity contribution in [2.24, 2.45) is 0 Å². The van der Waals surface area contributed by atoms with Crippen molar-refractivity contribution in [1.82, 2.24) is 9.55 Å². The Bertz CT molecular complexity index is 313. The first-order chi connectivity index (χ1) is 4.63. The molecule has 0 aliphatic carbocycles. The molecule has 54 valence electrons. The molecule has 1 aromatic heterocycles. The molecule has 0 bridgehead atoms. The number of carbonyl (C=O) groups excluding carboxylic acids is 1. The average Bonchev–Trinajstić information content (AvgIpc) is 2.11. The van der Waals surface area contributed by atoms with Crippen LogP contribution in [0.1, 0.15) is 0 Å². The molecule has 2 N–H and O–H groups in total. The third-order valence-corrected chi connectivity index (χ3v) is 1.10. The number of aromatic hydroxyl groups is 1. The lowest BCUT2D eigenvalue weighted by atomic mass is 10.8. The molecule has 6 heteroatoms. The van der Waals surface area contributed by atoms with Gasteiger partial charge in [0.1, 0.15) is 0 Å². The second kappa shape index (κ2) is 2.18. The molecule has 0 aliphatic rings. The SMILES string of the molecule is O=C(Cl)n1c(O)c[nH]c1=O. The Balaban J connectivity index is 3.37. The minimum atomic E-state index is -1.04. The van der Waals surface area contributed by atoms with Gasteiger partial charge in [-0.1, -0.05) is 0 Å². The van der Waals surface area contributed by atoms with Gasteiger partial charge in [0, 0.05) is 0 Å². The van der Waals surface area contributed by atoms with Crippen molar-refractivity contribution < 1.29 is 9.90 Å². The van der Waals surface area contributed by atoms with Gasteiger partial charge < -0.3 is 10.1 Å². The normalized spacial score (nSPS) is 9.70. The molecule has 0 fully saturated rings. The predicted molar refractivity (Wildman–Crippen MR) is 33.4 cm³/mol. The van der Waals surface area contributed by atoms with E-state index in [2.05, 4.69) is 4.98 Å². The van der Waals surface area contributed by atoms with Crippen LogP contribution >= 0.6 is 11.6 Å². The molecule has 0 saturated heterocycles. The van der Waals surface area contributed by atoms with Crippen LogP contribution in [0.25, 0.3) is 0 Å². The number of aromatic amines is 1. The van der Waals surface area contributed by atoms with Crippen LogP contribution in [-0.2, 0) is 0 Å². The highest BCUT2D eigenvalue weighted by atomic mass is 35.5. The number of rotatable bonds is 0. The first-order valence-electron chi connectivity index (χ1n) is 2.32. The summed E-state index contributed by atoms with van der Waals surface area (Å²) >= 11 is 4.90. The maximum Gasteiger partial charge on any atom is 0.336 e. The van der Waals surface area contributed by atoms with Crippen molar-refractivity contribution in [3.05, 3.63) is 16.7 Å². The lowest BCUT2D eigenvalue weighted by Gasteiger charge is -1.89. The number of nitrogens with one attached hydrogen (secondary N) is 1. The summed E-state index contributed by atoms with van der Waals surface area (Å²) in [5.74, 6) is -0.495. The van der Waals surface area contributed by atoms with Gasteiger partial charge in [-0.3, -0.25) is 4.79 Å². The van der Waals surface area contributed by atoms with Gasteiger partial charge in [-0.15, -0.1) is 0 Å². The van der Waals surface area contributed by atoms with E-state index in [1.807, 2.05) is 0 Å². The average molecular weight is 163 g/mol. The monoisotopic (exact) mass is 162 g/mol. The minimum absolute atomic E-state index is 0.404. The summed E-state index contributed by atoms with van der Waals surface area (Å²) in [6, 6.07) is 0. The van der Waals surface area contributed by atoms with Crippen molar-refractivity contribution in [3.63, 3.8) is 0 Å². The molecular formula is C4H3ClN2O3. The van der Waals surface area contributed by atoms with Gasteiger partial charge in [-0.2, -0.15) is 4.57 Å². The summed E-state index contributed by atoms with van der Waals surface area (Å²) < 4.78 is 0.404. The summed E-state index contributed by atoms with van der Waals surface area (Å²) in [4.78, 5) is 22.9. The Morgan fingerprint density at radius 2 is 2.40 bits per heavy atom. The van der Waals surface area contributed by atoms with E-state index in [0.29, 0.717) is 4.57 Å². The zero-order valence-corrected chi connectivity index (χ0v) is 5.42. The fourth-order valence-corrected chi connectivity index (χ4v) is 0.693. The topological polar surface area (TPSA) is 75.1 Å². The summed E-state index contributed by atoms with van der Waals surface area (Å²) in [7, 11) is 0. The van der Waals surface area contributed by atoms with E-state index < -0.39 is 16.9 Å². The third-order valence-electron chi connectivity index (χ3n) is 0.933. The lowest BCUT2D eigenvalue weighted by Crippen LogP contribution is -2.19. The van der Waals surface area contributed by atoms with Crippen LogP contribution in [0.4, 0.5) is 4.79 Å². The molecule has 0 amide bonds. The number of nitrogens with zero attached hydrogens (tertiary/aromatic N) is 1. The van der Waals surface area contributed by atoms with Crippen LogP contribution in [0.3, 0.4) is 0 Å². The molecule has 1 aromatic rings. The van der Waals surface area contributed by atoms with E-state index in [9.17, 15) is 9.59 Å². The van der Waals surface area contributed by atoms with Crippen molar-refractivity contribution in [3.8, 4) is 5.88 Å². The van der Waals surface area contributed by atoms with Crippen molar-refractivity contribution in [2.45, 2.75) is 0 Å². The molecule has 0 spiro atoms. The summed E-state index contributed by atoms with van der Waals surface area (Å²) in [6.07, 6.45) is 0.975. The van der Waals surface area contributed by atoms with E-state index in [-0.39, 0.29) is 0 Å². The Hall–Kier alpha value is -1.23. The molecule has 5 nitrogen and oxygen atoms in total. The molecule has 0 unspecified atom stereocenters. The molecule has 1 rings (SSSR count). The quantitative estimate of drug-likeness (QED) is 0.531. The number of hydrogen-bond acceptors (Lipinski definition) is 3. The summed E-state index contributed by atoms with van der Waals surface area (Å²) in [6.45, 7) is 0. The summed E-state index contributed by atoms with van der Waals surface area (Å²) in [5.41, 5.74) is -0.752. The number of aromatic nitrogens is 2. The second-order valence-corrected chi connectivity index (χ2v) is 1.86. The van der Waals surface area contributed by atoms with Crippen LogP contribution in [0.15, 0.2) is 11.0 Å². The first-order valence-corrected chi connectivity index (χ1v) is 2.70.